The van der Waals surface area contributed by atoms with Gasteiger partial charge in [-0.3, -0.25) is 0 Å². The summed E-state index contributed by atoms with van der Waals surface area (Å²) in [6, 6.07) is 5.43. The van der Waals surface area contributed by atoms with Crippen LogP contribution in [0.25, 0.3) is 0 Å². The number of hydrogen-bond donors (Lipinski definition) is 3. The fourth-order valence-corrected chi connectivity index (χ4v) is 1.86. The maximum absolute atomic E-state index is 13.2. The molecule has 1 aliphatic rings. The van der Waals surface area contributed by atoms with Crippen molar-refractivity contribution in [2.45, 2.75) is 12.6 Å². The molecule has 0 bridgehead atoms. The first kappa shape index (κ1) is 13.4. The lowest BCUT2D eigenvalue weighted by molar-refractivity contribution is 0.429. The van der Waals surface area contributed by atoms with Gasteiger partial charge in [-0.25, -0.2) is 4.39 Å². The SMILES string of the molecule is Cl.NCc1cc(C2CNCCN2)ccc1F. The summed E-state index contributed by atoms with van der Waals surface area (Å²) in [6.07, 6.45) is 0. The third-order valence-corrected chi connectivity index (χ3v) is 2.73. The second-order valence-electron chi connectivity index (χ2n) is 3.77. The van der Waals surface area contributed by atoms with Gasteiger partial charge in [0.25, 0.3) is 0 Å². The monoisotopic (exact) mass is 245 g/mol. The zero-order valence-corrected chi connectivity index (χ0v) is 9.82. The summed E-state index contributed by atoms with van der Waals surface area (Å²) in [4.78, 5) is 0. The summed E-state index contributed by atoms with van der Waals surface area (Å²) in [7, 11) is 0. The van der Waals surface area contributed by atoms with Gasteiger partial charge in [0.05, 0.1) is 0 Å². The Morgan fingerprint density at radius 3 is 2.81 bits per heavy atom. The molecule has 1 fully saturated rings. The Labute approximate surface area is 101 Å². The van der Waals surface area contributed by atoms with E-state index < -0.39 is 0 Å². The normalized spacial score (nSPS) is 20.2. The van der Waals surface area contributed by atoms with Gasteiger partial charge in [0.2, 0.25) is 0 Å². The number of rotatable bonds is 2. The molecule has 0 amide bonds. The lowest BCUT2D eigenvalue weighted by Crippen LogP contribution is -2.42. The number of hydrogen-bond acceptors (Lipinski definition) is 3. The molecule has 90 valence electrons. The van der Waals surface area contributed by atoms with Gasteiger partial charge in [-0.15, -0.1) is 12.4 Å². The summed E-state index contributed by atoms with van der Waals surface area (Å²) in [5.74, 6) is -0.218. The first-order chi connectivity index (χ1) is 7.31. The highest BCUT2D eigenvalue weighted by Gasteiger charge is 2.15. The van der Waals surface area contributed by atoms with Crippen LogP contribution in [0.5, 0.6) is 0 Å². The quantitative estimate of drug-likeness (QED) is 0.727. The third kappa shape index (κ3) is 2.92. The third-order valence-electron chi connectivity index (χ3n) is 2.73. The molecule has 1 aromatic carbocycles. The Morgan fingerprint density at radius 1 is 1.38 bits per heavy atom. The van der Waals surface area contributed by atoms with Crippen LogP contribution in [-0.2, 0) is 6.54 Å². The van der Waals surface area contributed by atoms with Gasteiger partial charge in [-0.2, -0.15) is 0 Å². The lowest BCUT2D eigenvalue weighted by Gasteiger charge is -2.25. The summed E-state index contributed by atoms with van der Waals surface area (Å²) in [5, 5.41) is 6.68. The van der Waals surface area contributed by atoms with Crippen LogP contribution in [0.15, 0.2) is 18.2 Å². The fraction of sp³-hybridized carbons (Fsp3) is 0.455. The fourth-order valence-electron chi connectivity index (χ4n) is 1.86. The number of benzene rings is 1. The van der Waals surface area contributed by atoms with E-state index in [1.54, 1.807) is 0 Å². The van der Waals surface area contributed by atoms with Crippen LogP contribution in [-0.4, -0.2) is 19.6 Å². The Hall–Kier alpha value is -0.680. The van der Waals surface area contributed by atoms with Gasteiger partial charge in [-0.05, 0) is 17.7 Å². The molecule has 0 saturated carbocycles. The topological polar surface area (TPSA) is 50.1 Å². The minimum absolute atomic E-state index is 0. The predicted molar refractivity (Wildman–Crippen MR) is 65.2 cm³/mol. The maximum Gasteiger partial charge on any atom is 0.127 e. The summed E-state index contributed by atoms with van der Waals surface area (Å²) < 4.78 is 13.2. The molecule has 4 N–H and O–H groups in total. The molecule has 0 aromatic heterocycles. The molecule has 0 aliphatic carbocycles. The molecule has 1 atom stereocenters. The molecule has 2 rings (SSSR count). The highest BCUT2D eigenvalue weighted by atomic mass is 35.5. The van der Waals surface area contributed by atoms with E-state index in [1.807, 2.05) is 12.1 Å². The van der Waals surface area contributed by atoms with Gasteiger partial charge in [0.15, 0.2) is 0 Å². The minimum Gasteiger partial charge on any atom is -0.326 e. The van der Waals surface area contributed by atoms with Gasteiger partial charge < -0.3 is 16.4 Å². The van der Waals surface area contributed by atoms with Crippen LogP contribution in [0, 0.1) is 5.82 Å². The second kappa shape index (κ2) is 6.15. The van der Waals surface area contributed by atoms with E-state index in [-0.39, 0.29) is 30.8 Å². The molecule has 1 unspecified atom stereocenters. The van der Waals surface area contributed by atoms with Crippen molar-refractivity contribution in [2.24, 2.45) is 5.73 Å². The molecular weight excluding hydrogens is 229 g/mol. The van der Waals surface area contributed by atoms with Crippen LogP contribution in [0.3, 0.4) is 0 Å². The maximum atomic E-state index is 13.2. The van der Waals surface area contributed by atoms with Crippen LogP contribution >= 0.6 is 12.4 Å². The number of halogens is 2. The molecule has 1 aromatic rings. The molecule has 1 heterocycles. The van der Waals surface area contributed by atoms with Gasteiger partial charge in [0, 0.05) is 37.8 Å². The predicted octanol–water partition coefficient (Wildman–Crippen LogP) is 0.940. The van der Waals surface area contributed by atoms with Crippen molar-refractivity contribution >= 4 is 12.4 Å². The zero-order valence-electron chi connectivity index (χ0n) is 9.00. The molecule has 0 radical (unpaired) electrons. The van der Waals surface area contributed by atoms with Crippen molar-refractivity contribution < 1.29 is 4.39 Å². The van der Waals surface area contributed by atoms with E-state index in [0.717, 1.165) is 25.2 Å². The van der Waals surface area contributed by atoms with Gasteiger partial charge in [-0.1, -0.05) is 6.07 Å². The van der Waals surface area contributed by atoms with Crippen molar-refractivity contribution in [2.75, 3.05) is 19.6 Å². The number of piperazine rings is 1. The summed E-state index contributed by atoms with van der Waals surface area (Å²) in [6.45, 7) is 3.07. The van der Waals surface area contributed by atoms with Crippen LogP contribution in [0.2, 0.25) is 0 Å². The van der Waals surface area contributed by atoms with Crippen LogP contribution < -0.4 is 16.4 Å². The zero-order chi connectivity index (χ0) is 10.7. The van der Waals surface area contributed by atoms with E-state index in [4.69, 9.17) is 5.73 Å². The molecule has 1 saturated heterocycles. The molecule has 3 nitrogen and oxygen atoms in total. The highest BCUT2D eigenvalue weighted by Crippen LogP contribution is 2.17. The van der Waals surface area contributed by atoms with E-state index in [9.17, 15) is 4.39 Å². The van der Waals surface area contributed by atoms with E-state index in [0.29, 0.717) is 5.56 Å². The lowest BCUT2D eigenvalue weighted by atomic mass is 10.0. The molecule has 0 spiro atoms. The summed E-state index contributed by atoms with van der Waals surface area (Å²) in [5.41, 5.74) is 7.16. The average Bonchev–Trinajstić information content (AvgIpc) is 2.31. The smallest absolute Gasteiger partial charge is 0.127 e. The number of nitrogens with two attached hydrogens (primary N) is 1. The Morgan fingerprint density at radius 2 is 2.19 bits per heavy atom. The van der Waals surface area contributed by atoms with Crippen LogP contribution in [0.1, 0.15) is 17.2 Å². The highest BCUT2D eigenvalue weighted by molar-refractivity contribution is 5.85. The van der Waals surface area contributed by atoms with Crippen molar-refractivity contribution in [3.05, 3.63) is 35.1 Å². The Balaban J connectivity index is 0.00000128. The first-order valence-corrected chi connectivity index (χ1v) is 5.24. The number of nitrogens with one attached hydrogen (secondary N) is 2. The van der Waals surface area contributed by atoms with E-state index in [2.05, 4.69) is 10.6 Å². The minimum atomic E-state index is -0.218. The Bertz CT molecular complexity index is 340. The van der Waals surface area contributed by atoms with Crippen molar-refractivity contribution in [1.82, 2.24) is 10.6 Å². The van der Waals surface area contributed by atoms with Crippen molar-refractivity contribution in [1.29, 1.82) is 0 Å². The van der Waals surface area contributed by atoms with Crippen LogP contribution in [0.4, 0.5) is 4.39 Å². The Kier molecular flexibility index (Phi) is 5.15. The molecule has 1 aliphatic heterocycles. The average molecular weight is 246 g/mol. The van der Waals surface area contributed by atoms with Gasteiger partial charge in [0.1, 0.15) is 5.82 Å². The summed E-state index contributed by atoms with van der Waals surface area (Å²) >= 11 is 0. The van der Waals surface area contributed by atoms with E-state index in [1.165, 1.54) is 6.07 Å². The largest absolute Gasteiger partial charge is 0.326 e. The standard InChI is InChI=1S/C11H16FN3.ClH/c12-10-2-1-8(5-9(10)6-13)11-7-14-3-4-15-11;/h1-2,5,11,14-15H,3-4,6-7,13H2;1H. The molecular formula is C11H17ClFN3. The van der Waals surface area contributed by atoms with Crippen molar-refractivity contribution in [3.63, 3.8) is 0 Å². The van der Waals surface area contributed by atoms with Crippen molar-refractivity contribution in [3.8, 4) is 0 Å². The molecule has 16 heavy (non-hydrogen) atoms. The van der Waals surface area contributed by atoms with Gasteiger partial charge >= 0.3 is 0 Å². The van der Waals surface area contributed by atoms with E-state index >= 15 is 0 Å². The molecule has 5 heteroatoms. The first-order valence-electron chi connectivity index (χ1n) is 5.24. The second-order valence-corrected chi connectivity index (χ2v) is 3.77.